The van der Waals surface area contributed by atoms with Crippen molar-refractivity contribution in [3.05, 3.63) is 29.8 Å². The summed E-state index contributed by atoms with van der Waals surface area (Å²) in [4.78, 5) is 4.02. The summed E-state index contributed by atoms with van der Waals surface area (Å²) in [7, 11) is 0. The van der Waals surface area contributed by atoms with Gasteiger partial charge in [0.25, 0.3) is 0 Å². The first kappa shape index (κ1) is 15.4. The molecule has 1 aromatic carbocycles. The minimum Gasteiger partial charge on any atom is -0.314 e. The molecular weight excluding hydrogens is 276 g/mol. The molecule has 0 radical (unpaired) electrons. The van der Waals surface area contributed by atoms with Crippen molar-refractivity contribution in [1.82, 2.24) is 10.2 Å². The summed E-state index contributed by atoms with van der Waals surface area (Å²) in [6.07, 6.45) is 7.65. The average Bonchev–Trinajstić information content (AvgIpc) is 3.09. The summed E-state index contributed by atoms with van der Waals surface area (Å²) in [5.41, 5.74) is 1.46. The lowest BCUT2D eigenvalue weighted by atomic mass is 9.87. The van der Waals surface area contributed by atoms with E-state index in [0.717, 1.165) is 12.0 Å². The van der Waals surface area contributed by atoms with Crippen LogP contribution in [0.25, 0.3) is 0 Å². The molecule has 2 heterocycles. The van der Waals surface area contributed by atoms with Gasteiger partial charge in [-0.05, 0) is 82.1 Å². The van der Waals surface area contributed by atoms with Crippen molar-refractivity contribution < 1.29 is 0 Å². The Labute approximate surface area is 133 Å². The van der Waals surface area contributed by atoms with E-state index in [-0.39, 0.29) is 0 Å². The quantitative estimate of drug-likeness (QED) is 0.848. The topological polar surface area (TPSA) is 15.3 Å². The van der Waals surface area contributed by atoms with Crippen molar-refractivity contribution in [3.8, 4) is 0 Å². The summed E-state index contributed by atoms with van der Waals surface area (Å²) in [5.74, 6) is 0.912. The van der Waals surface area contributed by atoms with Gasteiger partial charge in [-0.25, -0.2) is 0 Å². The molecule has 0 saturated carbocycles. The van der Waals surface area contributed by atoms with Crippen molar-refractivity contribution in [2.45, 2.75) is 49.6 Å². The minimum absolute atomic E-state index is 0.554. The Kier molecular flexibility index (Phi) is 5.25. The van der Waals surface area contributed by atoms with E-state index in [1.165, 1.54) is 55.8 Å². The van der Waals surface area contributed by atoms with Gasteiger partial charge in [0.15, 0.2) is 0 Å². The van der Waals surface area contributed by atoms with Crippen LogP contribution in [0.15, 0.2) is 29.2 Å². The second kappa shape index (κ2) is 7.17. The molecule has 0 bridgehead atoms. The minimum atomic E-state index is 0.554. The second-order valence-electron chi connectivity index (χ2n) is 6.53. The molecule has 0 amide bonds. The van der Waals surface area contributed by atoms with Crippen molar-refractivity contribution in [2.24, 2.45) is 5.92 Å². The average molecular weight is 305 g/mol. The summed E-state index contributed by atoms with van der Waals surface area (Å²) >= 11 is 1.82. The maximum Gasteiger partial charge on any atom is 0.0319 e. The molecule has 1 N–H and O–H groups in total. The Morgan fingerprint density at radius 1 is 1.14 bits per heavy atom. The highest BCUT2D eigenvalue weighted by Gasteiger charge is 2.29. The van der Waals surface area contributed by atoms with Gasteiger partial charge < -0.3 is 5.32 Å². The largest absolute Gasteiger partial charge is 0.314 e. The predicted molar refractivity (Wildman–Crippen MR) is 92.0 cm³/mol. The van der Waals surface area contributed by atoms with Crippen LogP contribution >= 0.6 is 11.8 Å². The Morgan fingerprint density at radius 3 is 2.43 bits per heavy atom. The van der Waals surface area contributed by atoms with Crippen LogP contribution in [-0.2, 0) is 0 Å². The standard InChI is InChI=1S/C18H28N2S/c1-14(15-5-7-17(21-2)8-6-15)20-12-9-16(10-13-20)18-4-3-11-19-18/h5-8,14,16,18-19H,3-4,9-13H2,1-2H3. The van der Waals surface area contributed by atoms with E-state index in [9.17, 15) is 0 Å². The Morgan fingerprint density at radius 2 is 1.86 bits per heavy atom. The summed E-state index contributed by atoms with van der Waals surface area (Å²) < 4.78 is 0. The maximum absolute atomic E-state index is 3.69. The van der Waals surface area contributed by atoms with E-state index < -0.39 is 0 Å². The fourth-order valence-electron chi connectivity index (χ4n) is 3.92. The van der Waals surface area contributed by atoms with E-state index in [2.05, 4.69) is 47.7 Å². The van der Waals surface area contributed by atoms with Crippen LogP contribution in [0.1, 0.15) is 44.2 Å². The predicted octanol–water partition coefficient (Wildman–Crippen LogP) is 3.93. The zero-order valence-electron chi connectivity index (χ0n) is 13.3. The molecule has 1 aromatic rings. The molecule has 3 rings (SSSR count). The molecule has 2 unspecified atom stereocenters. The number of hydrogen-bond acceptors (Lipinski definition) is 3. The van der Waals surface area contributed by atoms with E-state index in [1.807, 2.05) is 11.8 Å². The van der Waals surface area contributed by atoms with E-state index in [4.69, 9.17) is 0 Å². The summed E-state index contributed by atoms with van der Waals surface area (Å²) in [6.45, 7) is 6.12. The van der Waals surface area contributed by atoms with Gasteiger partial charge in [-0.1, -0.05) is 12.1 Å². The monoisotopic (exact) mass is 304 g/mol. The Bertz CT molecular complexity index is 431. The lowest BCUT2D eigenvalue weighted by Gasteiger charge is -2.38. The zero-order valence-corrected chi connectivity index (χ0v) is 14.2. The summed E-state index contributed by atoms with van der Waals surface area (Å²) in [5, 5.41) is 3.69. The highest BCUT2D eigenvalue weighted by atomic mass is 32.2. The fourth-order valence-corrected chi connectivity index (χ4v) is 4.32. The number of nitrogens with zero attached hydrogens (tertiary/aromatic N) is 1. The third kappa shape index (κ3) is 3.64. The first-order valence-electron chi connectivity index (χ1n) is 8.39. The van der Waals surface area contributed by atoms with E-state index >= 15 is 0 Å². The van der Waals surface area contributed by atoms with Crippen LogP contribution in [0.2, 0.25) is 0 Å². The van der Waals surface area contributed by atoms with Crippen molar-refractivity contribution >= 4 is 11.8 Å². The molecule has 116 valence electrons. The fraction of sp³-hybridized carbons (Fsp3) is 0.667. The number of piperidine rings is 1. The molecule has 3 heteroatoms. The SMILES string of the molecule is CSc1ccc(C(C)N2CCC(C3CCCN3)CC2)cc1. The number of rotatable bonds is 4. The van der Waals surface area contributed by atoms with E-state index in [0.29, 0.717) is 6.04 Å². The Hall–Kier alpha value is -0.510. The highest BCUT2D eigenvalue weighted by molar-refractivity contribution is 7.98. The second-order valence-corrected chi connectivity index (χ2v) is 7.41. The van der Waals surface area contributed by atoms with Crippen LogP contribution in [0, 0.1) is 5.92 Å². The normalized spacial score (nSPS) is 26.1. The third-order valence-corrected chi connectivity index (χ3v) is 6.13. The van der Waals surface area contributed by atoms with E-state index in [1.54, 1.807) is 0 Å². The number of likely N-dealkylation sites (tertiary alicyclic amines) is 1. The maximum atomic E-state index is 3.69. The van der Waals surface area contributed by atoms with Gasteiger partial charge in [0.2, 0.25) is 0 Å². The van der Waals surface area contributed by atoms with Crippen LogP contribution < -0.4 is 5.32 Å². The number of nitrogens with one attached hydrogen (secondary N) is 1. The summed E-state index contributed by atoms with van der Waals surface area (Å²) in [6, 6.07) is 10.5. The Balaban J connectivity index is 1.55. The van der Waals surface area contributed by atoms with Crippen molar-refractivity contribution in [2.75, 3.05) is 25.9 Å². The molecule has 2 aliphatic heterocycles. The molecule has 2 nitrogen and oxygen atoms in total. The van der Waals surface area contributed by atoms with Crippen LogP contribution in [0.4, 0.5) is 0 Å². The number of thioether (sulfide) groups is 1. The van der Waals surface area contributed by atoms with Crippen molar-refractivity contribution in [3.63, 3.8) is 0 Å². The molecule has 0 aliphatic carbocycles. The molecule has 2 aliphatic rings. The molecule has 2 atom stereocenters. The molecule has 2 fully saturated rings. The van der Waals surface area contributed by atoms with Gasteiger partial charge in [-0.3, -0.25) is 4.90 Å². The molecule has 0 aromatic heterocycles. The van der Waals surface area contributed by atoms with Crippen molar-refractivity contribution in [1.29, 1.82) is 0 Å². The molecule has 0 spiro atoms. The third-order valence-electron chi connectivity index (χ3n) is 5.39. The smallest absolute Gasteiger partial charge is 0.0319 e. The van der Waals surface area contributed by atoms with Crippen LogP contribution in [0.3, 0.4) is 0 Å². The van der Waals surface area contributed by atoms with Gasteiger partial charge in [0, 0.05) is 17.0 Å². The number of benzene rings is 1. The molecule has 21 heavy (non-hydrogen) atoms. The zero-order chi connectivity index (χ0) is 14.7. The lowest BCUT2D eigenvalue weighted by Crippen LogP contribution is -2.41. The van der Waals surface area contributed by atoms with Gasteiger partial charge in [-0.15, -0.1) is 11.8 Å². The van der Waals surface area contributed by atoms with Crippen LogP contribution in [0.5, 0.6) is 0 Å². The van der Waals surface area contributed by atoms with Gasteiger partial charge in [0.05, 0.1) is 0 Å². The van der Waals surface area contributed by atoms with Gasteiger partial charge in [0.1, 0.15) is 0 Å². The first-order chi connectivity index (χ1) is 10.3. The van der Waals surface area contributed by atoms with Crippen LogP contribution in [-0.4, -0.2) is 36.8 Å². The lowest BCUT2D eigenvalue weighted by molar-refractivity contribution is 0.126. The van der Waals surface area contributed by atoms with Gasteiger partial charge >= 0.3 is 0 Å². The molecule has 2 saturated heterocycles. The number of hydrogen-bond donors (Lipinski definition) is 1. The van der Waals surface area contributed by atoms with Gasteiger partial charge in [-0.2, -0.15) is 0 Å². The highest BCUT2D eigenvalue weighted by Crippen LogP contribution is 2.30. The first-order valence-corrected chi connectivity index (χ1v) is 9.62. The molecular formula is C18H28N2S.